The first-order valence-electron chi connectivity index (χ1n) is 12.7. The predicted octanol–water partition coefficient (Wildman–Crippen LogP) is 8.20. The minimum Gasteiger partial charge on any atom is -0.460 e. The number of carbonyl (C=O) groups excluding carboxylic acids is 1. The summed E-state index contributed by atoms with van der Waals surface area (Å²) in [6.45, 7) is 13.1. The minimum absolute atomic E-state index is 0.156. The van der Waals surface area contributed by atoms with E-state index >= 15 is 0 Å². The van der Waals surface area contributed by atoms with Crippen molar-refractivity contribution in [1.82, 2.24) is 0 Å². The van der Waals surface area contributed by atoms with Crippen molar-refractivity contribution in [2.45, 2.75) is 118 Å². The fourth-order valence-corrected chi connectivity index (χ4v) is 3.58. The van der Waals surface area contributed by atoms with E-state index in [0.29, 0.717) is 19.6 Å². The lowest BCUT2D eigenvalue weighted by Gasteiger charge is -2.28. The molecule has 0 radical (unpaired) electrons. The van der Waals surface area contributed by atoms with Crippen molar-refractivity contribution in [2.24, 2.45) is 5.41 Å². The Labute approximate surface area is 198 Å². The Morgan fingerprint density at radius 3 is 1.97 bits per heavy atom. The van der Waals surface area contributed by atoms with E-state index in [2.05, 4.69) is 43.3 Å². The molecule has 0 heterocycles. The molecule has 0 unspecified atom stereocenters. The van der Waals surface area contributed by atoms with Crippen LogP contribution in [0.3, 0.4) is 0 Å². The molecule has 0 N–H and O–H groups in total. The van der Waals surface area contributed by atoms with Crippen molar-refractivity contribution in [2.75, 3.05) is 6.61 Å². The summed E-state index contributed by atoms with van der Waals surface area (Å²) >= 11 is 0. The van der Waals surface area contributed by atoms with Crippen molar-refractivity contribution in [3.8, 4) is 0 Å². The number of allylic oxidation sites excluding steroid dienone is 1. The first-order chi connectivity index (χ1) is 15.1. The highest BCUT2D eigenvalue weighted by molar-refractivity contribution is 5.76. The van der Waals surface area contributed by atoms with Gasteiger partial charge in [-0.05, 0) is 65.0 Å². The Morgan fingerprint density at radius 1 is 0.812 bits per heavy atom. The molecular formula is C29H48O3. The number of rotatable bonds is 16. The van der Waals surface area contributed by atoms with Crippen LogP contribution in [-0.2, 0) is 27.3 Å². The zero-order valence-corrected chi connectivity index (χ0v) is 21.7. The number of esters is 1. The summed E-state index contributed by atoms with van der Waals surface area (Å²) in [5.74, 6) is -0.156. The van der Waals surface area contributed by atoms with E-state index < -0.39 is 11.0 Å². The van der Waals surface area contributed by atoms with Crippen LogP contribution in [0.5, 0.6) is 0 Å². The van der Waals surface area contributed by atoms with Gasteiger partial charge in [0, 0.05) is 0 Å². The van der Waals surface area contributed by atoms with E-state index in [4.69, 9.17) is 9.47 Å². The maximum absolute atomic E-state index is 12.5. The van der Waals surface area contributed by atoms with Gasteiger partial charge in [-0.1, -0.05) is 88.3 Å². The smallest absolute Gasteiger partial charge is 0.312 e. The fourth-order valence-electron chi connectivity index (χ4n) is 3.58. The van der Waals surface area contributed by atoms with Gasteiger partial charge in [0.1, 0.15) is 5.60 Å². The Kier molecular flexibility index (Phi) is 13.6. The number of hydrogen-bond donors (Lipinski definition) is 0. The Balaban J connectivity index is 2.20. The van der Waals surface area contributed by atoms with Crippen LogP contribution in [0.2, 0.25) is 0 Å². The molecule has 0 spiro atoms. The maximum Gasteiger partial charge on any atom is 0.312 e. The second-order valence-electron chi connectivity index (χ2n) is 10.6. The number of ether oxygens (including phenoxy) is 2. The average molecular weight is 445 g/mol. The van der Waals surface area contributed by atoms with Crippen molar-refractivity contribution >= 4 is 5.97 Å². The van der Waals surface area contributed by atoms with Gasteiger partial charge in [-0.15, -0.1) is 0 Å². The van der Waals surface area contributed by atoms with Crippen LogP contribution in [0.15, 0.2) is 36.4 Å². The normalized spacial score (nSPS) is 12.4. The van der Waals surface area contributed by atoms with Crippen LogP contribution in [0, 0.1) is 5.41 Å². The zero-order chi connectivity index (χ0) is 23.9. The van der Waals surface area contributed by atoms with Crippen LogP contribution in [0.1, 0.15) is 110 Å². The van der Waals surface area contributed by atoms with Crippen molar-refractivity contribution in [3.05, 3.63) is 47.5 Å². The summed E-state index contributed by atoms with van der Waals surface area (Å²) in [4.78, 5) is 12.5. The van der Waals surface area contributed by atoms with Crippen LogP contribution >= 0.6 is 0 Å². The van der Waals surface area contributed by atoms with Gasteiger partial charge in [0.05, 0.1) is 18.6 Å². The highest BCUT2D eigenvalue weighted by atomic mass is 16.6. The van der Waals surface area contributed by atoms with E-state index in [-0.39, 0.29) is 5.97 Å². The second-order valence-corrected chi connectivity index (χ2v) is 10.6. The number of benzene rings is 1. The molecule has 1 aromatic carbocycles. The van der Waals surface area contributed by atoms with Crippen LogP contribution in [0.4, 0.5) is 0 Å². The molecule has 1 rings (SSSR count). The molecule has 0 saturated heterocycles. The molecule has 0 aliphatic rings. The lowest BCUT2D eigenvalue weighted by Crippen LogP contribution is -2.35. The van der Waals surface area contributed by atoms with Gasteiger partial charge in [0.25, 0.3) is 0 Å². The fraction of sp³-hybridized carbons (Fsp3) is 0.690. The largest absolute Gasteiger partial charge is 0.460 e. The molecule has 0 aromatic heterocycles. The van der Waals surface area contributed by atoms with E-state index in [1.54, 1.807) is 0 Å². The SMILES string of the molecule is CCCCCCCCCCC=CCOCc1ccc(CC(C)(C)C(=O)OC(C)(C)C)cc1. The first-order valence-corrected chi connectivity index (χ1v) is 12.7. The molecule has 3 nitrogen and oxygen atoms in total. The topological polar surface area (TPSA) is 35.5 Å². The third-order valence-corrected chi connectivity index (χ3v) is 5.49. The van der Waals surface area contributed by atoms with Crippen molar-refractivity contribution in [3.63, 3.8) is 0 Å². The van der Waals surface area contributed by atoms with Gasteiger partial charge in [-0.3, -0.25) is 4.79 Å². The summed E-state index contributed by atoms with van der Waals surface area (Å²) in [5, 5.41) is 0. The van der Waals surface area contributed by atoms with E-state index in [1.165, 1.54) is 51.4 Å². The molecule has 0 atom stereocenters. The molecule has 0 aliphatic heterocycles. The Morgan fingerprint density at radius 2 is 1.38 bits per heavy atom. The summed E-state index contributed by atoms with van der Waals surface area (Å²) in [5.41, 5.74) is 1.28. The van der Waals surface area contributed by atoms with Crippen LogP contribution < -0.4 is 0 Å². The van der Waals surface area contributed by atoms with Gasteiger partial charge >= 0.3 is 5.97 Å². The molecule has 3 heteroatoms. The van der Waals surface area contributed by atoms with Crippen LogP contribution in [0.25, 0.3) is 0 Å². The number of carbonyl (C=O) groups is 1. The third kappa shape index (κ3) is 13.7. The van der Waals surface area contributed by atoms with Gasteiger partial charge in [0.15, 0.2) is 0 Å². The highest BCUT2D eigenvalue weighted by Crippen LogP contribution is 2.26. The van der Waals surface area contributed by atoms with Gasteiger partial charge in [-0.2, -0.15) is 0 Å². The lowest BCUT2D eigenvalue weighted by atomic mass is 9.85. The summed E-state index contributed by atoms with van der Waals surface area (Å²) < 4.78 is 11.3. The zero-order valence-electron chi connectivity index (χ0n) is 21.7. The van der Waals surface area contributed by atoms with E-state index in [0.717, 1.165) is 17.5 Å². The molecule has 0 bridgehead atoms. The van der Waals surface area contributed by atoms with E-state index in [9.17, 15) is 4.79 Å². The highest BCUT2D eigenvalue weighted by Gasteiger charge is 2.32. The number of unbranched alkanes of at least 4 members (excludes halogenated alkanes) is 8. The molecule has 0 fully saturated rings. The molecule has 1 aromatic rings. The summed E-state index contributed by atoms with van der Waals surface area (Å²) in [7, 11) is 0. The molecular weight excluding hydrogens is 396 g/mol. The quantitative estimate of drug-likeness (QED) is 0.146. The summed E-state index contributed by atoms with van der Waals surface area (Å²) in [6.07, 6.45) is 17.1. The molecule has 0 saturated carbocycles. The number of hydrogen-bond acceptors (Lipinski definition) is 3. The average Bonchev–Trinajstić information content (AvgIpc) is 2.71. The monoisotopic (exact) mass is 444 g/mol. The predicted molar refractivity (Wildman–Crippen MR) is 136 cm³/mol. The summed E-state index contributed by atoms with van der Waals surface area (Å²) in [6, 6.07) is 8.35. The minimum atomic E-state index is -0.550. The Hall–Kier alpha value is -1.61. The van der Waals surface area contributed by atoms with Crippen molar-refractivity contribution in [1.29, 1.82) is 0 Å². The van der Waals surface area contributed by atoms with Gasteiger partial charge in [-0.25, -0.2) is 0 Å². The lowest BCUT2D eigenvalue weighted by molar-refractivity contribution is -0.165. The second kappa shape index (κ2) is 15.3. The molecule has 32 heavy (non-hydrogen) atoms. The first kappa shape index (κ1) is 28.4. The van der Waals surface area contributed by atoms with Crippen LogP contribution in [-0.4, -0.2) is 18.2 Å². The maximum atomic E-state index is 12.5. The molecule has 0 aliphatic carbocycles. The molecule has 182 valence electrons. The van der Waals surface area contributed by atoms with Gasteiger partial charge < -0.3 is 9.47 Å². The molecule has 0 amide bonds. The van der Waals surface area contributed by atoms with Crippen molar-refractivity contribution < 1.29 is 14.3 Å². The van der Waals surface area contributed by atoms with Gasteiger partial charge in [0.2, 0.25) is 0 Å². The van der Waals surface area contributed by atoms with E-state index in [1.807, 2.05) is 34.6 Å². The standard InChI is InChI=1S/C29H48O3/c1-7-8-9-10-11-12-13-14-15-16-17-22-31-24-26-20-18-25(19-21-26)23-29(5,6)27(30)32-28(2,3)4/h16-21H,7-15,22-24H2,1-6H3. The Bertz CT molecular complexity index is 650. The third-order valence-electron chi connectivity index (χ3n) is 5.49.